The lowest BCUT2D eigenvalue weighted by atomic mass is 9.97. The molecule has 1 aromatic heterocycles. The van der Waals surface area contributed by atoms with Crippen molar-refractivity contribution in [2.24, 2.45) is 5.92 Å². The first-order valence-corrected chi connectivity index (χ1v) is 11.1. The van der Waals surface area contributed by atoms with Crippen molar-refractivity contribution in [1.29, 1.82) is 0 Å². The normalized spacial score (nSPS) is 13.7. The summed E-state index contributed by atoms with van der Waals surface area (Å²) >= 11 is 0. The van der Waals surface area contributed by atoms with E-state index in [0.717, 1.165) is 0 Å². The third kappa shape index (κ3) is 8.00. The van der Waals surface area contributed by atoms with Crippen molar-refractivity contribution >= 4 is 23.5 Å². The lowest BCUT2D eigenvalue weighted by Gasteiger charge is -2.27. The Morgan fingerprint density at radius 1 is 0.973 bits per heavy atom. The first-order valence-electron chi connectivity index (χ1n) is 11.1. The van der Waals surface area contributed by atoms with Gasteiger partial charge in [-0.2, -0.15) is 13.2 Å². The van der Waals surface area contributed by atoms with E-state index in [2.05, 4.69) is 20.9 Å². The van der Waals surface area contributed by atoms with E-state index in [1.807, 2.05) is 0 Å². The highest BCUT2D eigenvalue weighted by atomic mass is 19.4. The highest BCUT2D eigenvalue weighted by molar-refractivity contribution is 5.98. The summed E-state index contributed by atoms with van der Waals surface area (Å²) in [6, 6.07) is 5.14. The fourth-order valence-corrected chi connectivity index (χ4v) is 3.21. The molecule has 0 saturated carbocycles. The van der Waals surface area contributed by atoms with Gasteiger partial charge >= 0.3 is 6.18 Å². The molecule has 1 heterocycles. The van der Waals surface area contributed by atoms with E-state index >= 15 is 0 Å². The lowest BCUT2D eigenvalue weighted by molar-refractivity contribution is -0.175. The first-order chi connectivity index (χ1) is 17.4. The monoisotopic (exact) mass is 524 g/mol. The molecule has 0 aliphatic rings. The largest absolute Gasteiger partial charge is 0.497 e. The highest BCUT2D eigenvalue weighted by Gasteiger charge is 2.45. The van der Waals surface area contributed by atoms with Gasteiger partial charge in [-0.05, 0) is 35.7 Å². The van der Waals surface area contributed by atoms with Crippen LogP contribution in [-0.4, -0.2) is 65.6 Å². The number of aliphatic hydroxyl groups excluding tert-OH is 1. The molecule has 37 heavy (non-hydrogen) atoms. The van der Waals surface area contributed by atoms with Crippen molar-refractivity contribution in [2.45, 2.75) is 38.1 Å². The molecule has 0 radical (unpaired) electrons. The maximum absolute atomic E-state index is 13.1. The minimum Gasteiger partial charge on any atom is -0.497 e. The second-order valence-corrected chi connectivity index (χ2v) is 8.23. The van der Waals surface area contributed by atoms with E-state index in [0.29, 0.717) is 5.75 Å². The second kappa shape index (κ2) is 12.8. The molecule has 1 aromatic carbocycles. The molecule has 3 unspecified atom stereocenters. The van der Waals surface area contributed by atoms with Crippen LogP contribution in [0.4, 0.5) is 13.2 Å². The average Bonchev–Trinajstić information content (AvgIpc) is 2.88. The Morgan fingerprint density at radius 3 is 2.11 bits per heavy atom. The van der Waals surface area contributed by atoms with Gasteiger partial charge in [0.05, 0.1) is 19.8 Å². The molecule has 3 amide bonds. The Morgan fingerprint density at radius 2 is 1.62 bits per heavy atom. The molecule has 4 N–H and O–H groups in total. The van der Waals surface area contributed by atoms with Crippen LogP contribution >= 0.6 is 0 Å². The van der Waals surface area contributed by atoms with Crippen LogP contribution in [0.5, 0.6) is 5.75 Å². The molecule has 0 saturated heterocycles. The number of ether oxygens (including phenoxy) is 1. The van der Waals surface area contributed by atoms with Gasteiger partial charge in [-0.1, -0.05) is 32.0 Å². The fraction of sp³-hybridized carbons (Fsp3) is 0.375. The average molecular weight is 524 g/mol. The van der Waals surface area contributed by atoms with E-state index in [4.69, 9.17) is 4.74 Å². The summed E-state index contributed by atoms with van der Waals surface area (Å²) in [5, 5.41) is 16.3. The van der Waals surface area contributed by atoms with E-state index in [1.54, 1.807) is 6.07 Å². The van der Waals surface area contributed by atoms with Crippen molar-refractivity contribution in [3.8, 4) is 5.75 Å². The molecular weight excluding hydrogens is 497 g/mol. The van der Waals surface area contributed by atoms with E-state index in [1.165, 1.54) is 63.6 Å². The molecule has 2 aromatic rings. The van der Waals surface area contributed by atoms with Crippen LogP contribution in [0.15, 0.2) is 48.7 Å². The summed E-state index contributed by atoms with van der Waals surface area (Å²) in [4.78, 5) is 54.1. The van der Waals surface area contributed by atoms with Crippen molar-refractivity contribution in [3.05, 3.63) is 59.9 Å². The fourth-order valence-electron chi connectivity index (χ4n) is 3.21. The second-order valence-electron chi connectivity index (χ2n) is 8.23. The van der Waals surface area contributed by atoms with Crippen LogP contribution in [-0.2, 0) is 14.4 Å². The minimum atomic E-state index is -5.20. The Balaban J connectivity index is 2.31. The molecule has 0 fully saturated rings. The number of aromatic nitrogens is 1. The van der Waals surface area contributed by atoms with Crippen molar-refractivity contribution in [3.63, 3.8) is 0 Å². The molecule has 0 aliphatic heterocycles. The maximum Gasteiger partial charge on any atom is 0.452 e. The van der Waals surface area contributed by atoms with Gasteiger partial charge in [-0.25, -0.2) is 0 Å². The first kappa shape index (κ1) is 29.2. The number of amides is 3. The highest BCUT2D eigenvalue weighted by Crippen LogP contribution is 2.23. The van der Waals surface area contributed by atoms with Crippen LogP contribution in [0, 0.1) is 5.92 Å². The van der Waals surface area contributed by atoms with Crippen molar-refractivity contribution < 1.29 is 42.2 Å². The number of ketones is 1. The number of pyridine rings is 1. The summed E-state index contributed by atoms with van der Waals surface area (Å²) in [6.45, 7) is 1.79. The maximum atomic E-state index is 13.1. The molecule has 2 rings (SSSR count). The number of carbonyl (C=O) groups is 4. The van der Waals surface area contributed by atoms with Crippen LogP contribution in [0.1, 0.15) is 35.9 Å². The molecule has 3 atom stereocenters. The summed E-state index contributed by atoms with van der Waals surface area (Å²) in [7, 11) is 1.40. The Kier molecular flexibility index (Phi) is 10.1. The van der Waals surface area contributed by atoms with Gasteiger partial charge in [-0.3, -0.25) is 24.2 Å². The standard InChI is InChI=1S/C24H27F3N4O6/c1-13(2)18(20(33)24(25,26)27)30-23(36)19(14-7-9-15(37-3)10-8-14)31-22(35)17(12-32)29-21(34)16-6-4-5-11-28-16/h4-11,13,17-19,32H,12H2,1-3H3,(H,29,34)(H,30,36)(H,31,35). The van der Waals surface area contributed by atoms with E-state index < -0.39 is 60.3 Å². The summed E-state index contributed by atoms with van der Waals surface area (Å²) < 4.78 is 44.3. The van der Waals surface area contributed by atoms with Gasteiger partial charge in [0.25, 0.3) is 11.7 Å². The molecule has 200 valence electrons. The number of nitrogens with zero attached hydrogens (tertiary/aromatic N) is 1. The van der Waals surface area contributed by atoms with Crippen LogP contribution < -0.4 is 20.7 Å². The molecule has 0 spiro atoms. The zero-order valence-corrected chi connectivity index (χ0v) is 20.2. The smallest absolute Gasteiger partial charge is 0.452 e. The number of carbonyl (C=O) groups excluding carboxylic acids is 4. The van der Waals surface area contributed by atoms with Crippen LogP contribution in [0.3, 0.4) is 0 Å². The van der Waals surface area contributed by atoms with Gasteiger partial charge < -0.3 is 25.8 Å². The van der Waals surface area contributed by atoms with Crippen molar-refractivity contribution in [2.75, 3.05) is 13.7 Å². The van der Waals surface area contributed by atoms with Gasteiger partial charge in [0.1, 0.15) is 23.5 Å². The van der Waals surface area contributed by atoms with Gasteiger partial charge in [0.15, 0.2) is 0 Å². The molecular formula is C24H27F3N4O6. The summed E-state index contributed by atoms with van der Waals surface area (Å²) in [6.07, 6.45) is -3.85. The zero-order valence-electron chi connectivity index (χ0n) is 20.2. The van der Waals surface area contributed by atoms with E-state index in [9.17, 15) is 37.5 Å². The predicted molar refractivity (Wildman–Crippen MR) is 124 cm³/mol. The van der Waals surface area contributed by atoms with Gasteiger partial charge in [-0.15, -0.1) is 0 Å². The molecule has 0 aliphatic carbocycles. The van der Waals surface area contributed by atoms with Crippen LogP contribution in [0.2, 0.25) is 0 Å². The summed E-state index contributed by atoms with van der Waals surface area (Å²) in [5.74, 6) is -5.57. The number of methoxy groups -OCH3 is 1. The van der Waals surface area contributed by atoms with Crippen LogP contribution in [0.25, 0.3) is 0 Å². The number of benzene rings is 1. The zero-order chi connectivity index (χ0) is 27.8. The number of hydrogen-bond donors (Lipinski definition) is 4. The van der Waals surface area contributed by atoms with Gasteiger partial charge in [0, 0.05) is 6.20 Å². The number of halogens is 3. The Hall–Kier alpha value is -4.00. The topological polar surface area (TPSA) is 147 Å². The quantitative estimate of drug-likeness (QED) is 0.347. The van der Waals surface area contributed by atoms with E-state index in [-0.39, 0.29) is 11.3 Å². The number of aliphatic hydroxyl groups is 1. The molecule has 10 nitrogen and oxygen atoms in total. The van der Waals surface area contributed by atoms with Crippen molar-refractivity contribution in [1.82, 2.24) is 20.9 Å². The Labute approximate surface area is 210 Å². The molecule has 13 heteroatoms. The molecule has 0 bridgehead atoms. The Bertz CT molecular complexity index is 1090. The number of rotatable bonds is 11. The predicted octanol–water partition coefficient (Wildman–Crippen LogP) is 1.31. The number of hydrogen-bond acceptors (Lipinski definition) is 7. The number of alkyl halides is 3. The summed E-state index contributed by atoms with van der Waals surface area (Å²) in [5.41, 5.74) is 0.102. The third-order valence-electron chi connectivity index (χ3n) is 5.23. The van der Waals surface area contributed by atoms with Gasteiger partial charge in [0.2, 0.25) is 11.8 Å². The number of nitrogens with one attached hydrogen (secondary N) is 3. The lowest BCUT2D eigenvalue weighted by Crippen LogP contribution is -2.55. The number of Topliss-reactive ketones (excluding diaryl/α,β-unsaturated/α-hetero) is 1. The minimum absolute atomic E-state index is 0.0383. The third-order valence-corrected chi connectivity index (χ3v) is 5.23. The SMILES string of the molecule is COc1ccc(C(NC(=O)C(CO)NC(=O)c2ccccn2)C(=O)NC(C(=O)C(F)(F)F)C(C)C)cc1.